The Labute approximate surface area is 209 Å². The summed E-state index contributed by atoms with van der Waals surface area (Å²) < 4.78 is 5.82. The normalized spacial score (nSPS) is 16.1. The Balaban J connectivity index is 1.67. The fourth-order valence-electron chi connectivity index (χ4n) is 4.38. The van der Waals surface area contributed by atoms with E-state index in [4.69, 9.17) is 33.3 Å². The highest BCUT2D eigenvalue weighted by Gasteiger charge is 2.34. The Hall–Kier alpha value is -3.48. The molecule has 2 heterocycles. The van der Waals surface area contributed by atoms with E-state index in [1.807, 2.05) is 54.3 Å². The fraction of sp³-hybridized carbons (Fsp3) is 0.148. The van der Waals surface area contributed by atoms with Crippen molar-refractivity contribution in [1.29, 1.82) is 0 Å². The summed E-state index contributed by atoms with van der Waals surface area (Å²) in [4.78, 5) is 6.79. The molecule has 1 atom stereocenters. The topological polar surface area (TPSA) is 54.2 Å². The number of halogens is 1. The molecule has 5 nitrogen and oxygen atoms in total. The molecule has 1 unspecified atom stereocenters. The van der Waals surface area contributed by atoms with Crippen LogP contribution in [0, 0.1) is 13.8 Å². The standard InChI is InChI=1S/C27H23ClN4OS/c1-16-12-17(2)14-22(13-16)32-18(3)23(24(29-27(32)34)19-8-5-4-6-9-19)26-30-25(31-33-26)20-10-7-11-21(28)15-20/h4-15,24H,1-3H3,(H,29,34). The molecule has 0 bridgehead atoms. The Morgan fingerprint density at radius 2 is 1.68 bits per heavy atom. The summed E-state index contributed by atoms with van der Waals surface area (Å²) in [5, 5.41) is 9.00. The minimum Gasteiger partial charge on any atom is -0.351 e. The van der Waals surface area contributed by atoms with Gasteiger partial charge in [0.25, 0.3) is 5.89 Å². The van der Waals surface area contributed by atoms with Crippen molar-refractivity contribution in [3.63, 3.8) is 0 Å². The molecule has 0 amide bonds. The van der Waals surface area contributed by atoms with Crippen LogP contribution < -0.4 is 10.2 Å². The van der Waals surface area contributed by atoms with Crippen LogP contribution in [0.4, 0.5) is 5.69 Å². The smallest absolute Gasteiger partial charge is 0.258 e. The van der Waals surface area contributed by atoms with Crippen molar-refractivity contribution in [2.45, 2.75) is 26.8 Å². The Morgan fingerprint density at radius 3 is 2.38 bits per heavy atom. The molecular weight excluding hydrogens is 464 g/mol. The van der Waals surface area contributed by atoms with Crippen LogP contribution in [-0.2, 0) is 0 Å². The number of rotatable bonds is 4. The molecule has 170 valence electrons. The summed E-state index contributed by atoms with van der Waals surface area (Å²) in [6, 6.07) is 23.7. The molecular formula is C27H23ClN4OS. The number of aromatic nitrogens is 2. The third kappa shape index (κ3) is 4.22. The molecule has 1 N–H and O–H groups in total. The average molecular weight is 487 g/mol. The van der Waals surface area contributed by atoms with Crippen LogP contribution in [0.3, 0.4) is 0 Å². The van der Waals surface area contributed by atoms with Gasteiger partial charge < -0.3 is 9.84 Å². The minimum atomic E-state index is -0.233. The Bertz CT molecular complexity index is 1390. The summed E-state index contributed by atoms with van der Waals surface area (Å²) in [5.74, 6) is 0.918. The van der Waals surface area contributed by atoms with Crippen molar-refractivity contribution in [2.75, 3.05) is 4.90 Å². The van der Waals surface area contributed by atoms with Gasteiger partial charge in [0, 0.05) is 22.0 Å². The highest BCUT2D eigenvalue weighted by Crippen LogP contribution is 2.39. The minimum absolute atomic E-state index is 0.233. The molecule has 3 aromatic carbocycles. The average Bonchev–Trinajstić information content (AvgIpc) is 3.28. The summed E-state index contributed by atoms with van der Waals surface area (Å²) >= 11 is 12.0. The van der Waals surface area contributed by atoms with Crippen LogP contribution in [-0.4, -0.2) is 15.3 Å². The molecule has 4 aromatic rings. The molecule has 0 saturated heterocycles. The first kappa shape index (κ1) is 22.3. The molecule has 1 aromatic heterocycles. The van der Waals surface area contributed by atoms with Crippen LogP contribution in [0.2, 0.25) is 5.02 Å². The van der Waals surface area contributed by atoms with Crippen molar-refractivity contribution < 1.29 is 4.52 Å². The lowest BCUT2D eigenvalue weighted by atomic mass is 9.94. The number of hydrogen-bond donors (Lipinski definition) is 1. The van der Waals surface area contributed by atoms with Crippen LogP contribution in [0.1, 0.15) is 35.5 Å². The molecule has 34 heavy (non-hydrogen) atoms. The van der Waals surface area contributed by atoms with E-state index in [2.05, 4.69) is 54.7 Å². The second-order valence-corrected chi connectivity index (χ2v) is 9.23. The maximum atomic E-state index is 6.18. The number of aryl methyl sites for hydroxylation is 2. The lowest BCUT2D eigenvalue weighted by Crippen LogP contribution is -2.46. The number of anilines is 1. The predicted molar refractivity (Wildman–Crippen MR) is 141 cm³/mol. The predicted octanol–water partition coefficient (Wildman–Crippen LogP) is 6.87. The van der Waals surface area contributed by atoms with E-state index in [0.29, 0.717) is 21.9 Å². The highest BCUT2D eigenvalue weighted by atomic mass is 35.5. The Morgan fingerprint density at radius 1 is 0.941 bits per heavy atom. The first-order valence-electron chi connectivity index (χ1n) is 11.0. The molecule has 0 fully saturated rings. The lowest BCUT2D eigenvalue weighted by molar-refractivity contribution is 0.404. The van der Waals surface area contributed by atoms with Crippen molar-refractivity contribution in [3.05, 3.63) is 106 Å². The van der Waals surface area contributed by atoms with Crippen LogP contribution >= 0.6 is 23.8 Å². The zero-order chi connectivity index (χ0) is 23.8. The van der Waals surface area contributed by atoms with Gasteiger partial charge in [0.1, 0.15) is 0 Å². The third-order valence-electron chi connectivity index (χ3n) is 5.82. The highest BCUT2D eigenvalue weighted by molar-refractivity contribution is 7.80. The maximum absolute atomic E-state index is 6.18. The van der Waals surface area contributed by atoms with Gasteiger partial charge in [-0.25, -0.2) is 0 Å². The number of benzene rings is 3. The van der Waals surface area contributed by atoms with Crippen molar-refractivity contribution in [1.82, 2.24) is 15.5 Å². The summed E-state index contributed by atoms with van der Waals surface area (Å²) in [7, 11) is 0. The van der Waals surface area contributed by atoms with E-state index in [9.17, 15) is 0 Å². The second-order valence-electron chi connectivity index (χ2n) is 8.41. The summed E-state index contributed by atoms with van der Waals surface area (Å²) in [5.41, 5.74) is 6.98. The van der Waals surface area contributed by atoms with E-state index >= 15 is 0 Å². The SMILES string of the molecule is CC1=C(c2nc(-c3cccc(Cl)c3)no2)C(c2ccccc2)NC(=S)N1c1cc(C)cc(C)c1. The van der Waals surface area contributed by atoms with Crippen LogP contribution in [0.5, 0.6) is 0 Å². The molecule has 1 aliphatic heterocycles. The van der Waals surface area contributed by atoms with Gasteiger partial charge in [0.2, 0.25) is 5.82 Å². The van der Waals surface area contributed by atoms with Crippen molar-refractivity contribution in [3.8, 4) is 11.4 Å². The van der Waals surface area contributed by atoms with Gasteiger partial charge in [-0.15, -0.1) is 0 Å². The number of hydrogen-bond acceptors (Lipinski definition) is 4. The molecule has 5 rings (SSSR count). The van der Waals surface area contributed by atoms with Gasteiger partial charge in [0.15, 0.2) is 5.11 Å². The van der Waals surface area contributed by atoms with Gasteiger partial charge in [-0.1, -0.05) is 65.3 Å². The van der Waals surface area contributed by atoms with E-state index in [-0.39, 0.29) is 6.04 Å². The van der Waals surface area contributed by atoms with Gasteiger partial charge in [-0.3, -0.25) is 4.90 Å². The first-order chi connectivity index (χ1) is 16.4. The maximum Gasteiger partial charge on any atom is 0.258 e. The van der Waals surface area contributed by atoms with Gasteiger partial charge in [0.05, 0.1) is 11.6 Å². The number of allylic oxidation sites excluding steroid dienone is 1. The largest absolute Gasteiger partial charge is 0.351 e. The monoisotopic (exact) mass is 486 g/mol. The van der Waals surface area contributed by atoms with E-state index in [1.165, 1.54) is 11.1 Å². The van der Waals surface area contributed by atoms with Crippen LogP contribution in [0.15, 0.2) is 83.0 Å². The van der Waals surface area contributed by atoms with Gasteiger partial charge >= 0.3 is 0 Å². The fourth-order valence-corrected chi connectivity index (χ4v) is 4.93. The lowest BCUT2D eigenvalue weighted by Gasteiger charge is -2.37. The molecule has 0 aliphatic carbocycles. The van der Waals surface area contributed by atoms with Crippen molar-refractivity contribution in [2.24, 2.45) is 0 Å². The third-order valence-corrected chi connectivity index (χ3v) is 6.36. The molecule has 0 spiro atoms. The van der Waals surface area contributed by atoms with Gasteiger partial charge in [-0.05, 0) is 73.9 Å². The number of nitrogens with zero attached hydrogens (tertiary/aromatic N) is 3. The zero-order valence-corrected chi connectivity index (χ0v) is 20.6. The zero-order valence-electron chi connectivity index (χ0n) is 19.0. The molecule has 1 aliphatic rings. The number of nitrogens with one attached hydrogen (secondary N) is 1. The van der Waals surface area contributed by atoms with Crippen LogP contribution in [0.25, 0.3) is 17.0 Å². The molecule has 0 radical (unpaired) electrons. The molecule has 7 heteroatoms. The molecule has 0 saturated carbocycles. The quantitative estimate of drug-likeness (QED) is 0.317. The summed E-state index contributed by atoms with van der Waals surface area (Å²) in [6.45, 7) is 6.21. The second kappa shape index (κ2) is 9.05. The van der Waals surface area contributed by atoms with E-state index in [0.717, 1.165) is 28.1 Å². The first-order valence-corrected chi connectivity index (χ1v) is 11.7. The Kier molecular flexibility index (Phi) is 5.94. The van der Waals surface area contributed by atoms with Gasteiger partial charge in [-0.2, -0.15) is 4.98 Å². The van der Waals surface area contributed by atoms with E-state index in [1.54, 1.807) is 0 Å². The summed E-state index contributed by atoms with van der Waals surface area (Å²) in [6.07, 6.45) is 0. The number of thiocarbonyl (C=S) groups is 1. The van der Waals surface area contributed by atoms with E-state index < -0.39 is 0 Å². The van der Waals surface area contributed by atoms with Crippen molar-refractivity contribution >= 4 is 40.2 Å².